The molecule has 1 aliphatic rings. The summed E-state index contributed by atoms with van der Waals surface area (Å²) in [5.74, 6) is -0.382. The van der Waals surface area contributed by atoms with Crippen LogP contribution in [-0.4, -0.2) is 24.0 Å². The summed E-state index contributed by atoms with van der Waals surface area (Å²) >= 11 is 3.25. The van der Waals surface area contributed by atoms with Crippen LogP contribution in [0.2, 0.25) is 0 Å². The Labute approximate surface area is 108 Å². The third-order valence-electron chi connectivity index (χ3n) is 2.96. The number of urea groups is 1. The smallest absolute Gasteiger partial charge is 0.321 e. The molecule has 0 aliphatic carbocycles. The van der Waals surface area contributed by atoms with Gasteiger partial charge in [-0.3, -0.25) is 0 Å². The van der Waals surface area contributed by atoms with E-state index in [-0.39, 0.29) is 17.5 Å². The first-order valence-electron chi connectivity index (χ1n) is 5.60. The van der Waals surface area contributed by atoms with Crippen molar-refractivity contribution in [2.24, 2.45) is 0 Å². The van der Waals surface area contributed by atoms with Gasteiger partial charge >= 0.3 is 6.03 Å². The molecule has 1 saturated heterocycles. The highest BCUT2D eigenvalue weighted by molar-refractivity contribution is 9.10. The molecule has 2 amide bonds. The molecule has 1 aromatic carbocycles. The van der Waals surface area contributed by atoms with Crippen molar-refractivity contribution in [1.29, 1.82) is 0 Å². The number of amides is 2. The van der Waals surface area contributed by atoms with E-state index in [9.17, 15) is 9.18 Å². The van der Waals surface area contributed by atoms with Crippen molar-refractivity contribution < 1.29 is 9.18 Å². The van der Waals surface area contributed by atoms with E-state index in [1.54, 1.807) is 24.0 Å². The minimum absolute atomic E-state index is 0.219. The maximum Gasteiger partial charge on any atom is 0.321 e. The Bertz CT molecular complexity index is 444. The van der Waals surface area contributed by atoms with Gasteiger partial charge in [0.25, 0.3) is 0 Å². The van der Waals surface area contributed by atoms with Gasteiger partial charge < -0.3 is 10.2 Å². The van der Waals surface area contributed by atoms with Crippen LogP contribution in [0.5, 0.6) is 0 Å². The molecule has 2 rings (SSSR count). The van der Waals surface area contributed by atoms with E-state index in [4.69, 9.17) is 0 Å². The topological polar surface area (TPSA) is 32.3 Å². The highest BCUT2D eigenvalue weighted by atomic mass is 79.9. The predicted molar refractivity (Wildman–Crippen MR) is 68.7 cm³/mol. The van der Waals surface area contributed by atoms with Crippen LogP contribution in [0, 0.1) is 12.7 Å². The van der Waals surface area contributed by atoms with Crippen LogP contribution in [-0.2, 0) is 0 Å². The first-order valence-corrected chi connectivity index (χ1v) is 6.39. The summed E-state index contributed by atoms with van der Waals surface area (Å²) in [7, 11) is 0. The molecule has 0 saturated carbocycles. The van der Waals surface area contributed by atoms with Gasteiger partial charge in [-0.25, -0.2) is 9.18 Å². The second kappa shape index (κ2) is 5.04. The van der Waals surface area contributed by atoms with Crippen LogP contribution in [0.1, 0.15) is 18.4 Å². The fraction of sp³-hybridized carbons (Fsp3) is 0.417. The first kappa shape index (κ1) is 12.4. The number of carbonyl (C=O) groups is 1. The van der Waals surface area contributed by atoms with Crippen LogP contribution in [0.4, 0.5) is 14.9 Å². The van der Waals surface area contributed by atoms with E-state index < -0.39 is 0 Å². The summed E-state index contributed by atoms with van der Waals surface area (Å²) in [6.45, 7) is 3.18. The molecular formula is C12H14BrFN2O. The molecule has 0 atom stereocenters. The van der Waals surface area contributed by atoms with Crippen molar-refractivity contribution in [2.75, 3.05) is 18.4 Å². The predicted octanol–water partition coefficient (Wildman–Crippen LogP) is 3.52. The third-order valence-corrected chi connectivity index (χ3v) is 3.81. The lowest BCUT2D eigenvalue weighted by molar-refractivity contribution is 0.222. The minimum atomic E-state index is -0.382. The van der Waals surface area contributed by atoms with Crippen molar-refractivity contribution >= 4 is 27.6 Å². The van der Waals surface area contributed by atoms with Gasteiger partial charge in [-0.1, -0.05) is 15.9 Å². The Morgan fingerprint density at radius 1 is 1.41 bits per heavy atom. The number of hydrogen-bond donors (Lipinski definition) is 1. The number of rotatable bonds is 1. The molecule has 17 heavy (non-hydrogen) atoms. The lowest BCUT2D eigenvalue weighted by atomic mass is 10.2. The Morgan fingerprint density at radius 3 is 2.71 bits per heavy atom. The highest BCUT2D eigenvalue weighted by Gasteiger charge is 2.19. The number of likely N-dealkylation sites (tertiary alicyclic amines) is 1. The summed E-state index contributed by atoms with van der Waals surface area (Å²) in [6, 6.07) is 3.08. The average Bonchev–Trinajstić information content (AvgIpc) is 2.83. The molecule has 5 heteroatoms. The lowest BCUT2D eigenvalue weighted by Crippen LogP contribution is -2.32. The molecule has 1 aromatic rings. The molecule has 0 unspecified atom stereocenters. The first-order chi connectivity index (χ1) is 8.09. The molecular weight excluding hydrogens is 287 g/mol. The van der Waals surface area contributed by atoms with Crippen LogP contribution >= 0.6 is 15.9 Å². The van der Waals surface area contributed by atoms with E-state index >= 15 is 0 Å². The quantitative estimate of drug-likeness (QED) is 0.845. The molecule has 1 N–H and O–H groups in total. The highest BCUT2D eigenvalue weighted by Crippen LogP contribution is 2.25. The van der Waals surface area contributed by atoms with E-state index in [0.717, 1.165) is 25.9 Å². The largest absolute Gasteiger partial charge is 0.325 e. The van der Waals surface area contributed by atoms with Gasteiger partial charge in [0.2, 0.25) is 0 Å². The summed E-state index contributed by atoms with van der Waals surface area (Å²) < 4.78 is 14.5. The summed E-state index contributed by atoms with van der Waals surface area (Å²) in [5.41, 5.74) is 0.742. The zero-order valence-corrected chi connectivity index (χ0v) is 11.2. The van der Waals surface area contributed by atoms with Gasteiger partial charge in [0.15, 0.2) is 5.82 Å². The Hall–Kier alpha value is -1.10. The number of carbonyl (C=O) groups excluding carboxylic acids is 1. The summed E-state index contributed by atoms with van der Waals surface area (Å²) in [4.78, 5) is 13.5. The van der Waals surface area contributed by atoms with Crippen molar-refractivity contribution in [1.82, 2.24) is 4.90 Å². The van der Waals surface area contributed by atoms with E-state index in [2.05, 4.69) is 21.2 Å². The monoisotopic (exact) mass is 300 g/mol. The standard InChI is InChI=1S/C12H14BrFN2O/c1-8-9(13)4-5-10(11(8)14)15-12(17)16-6-2-3-7-16/h4-5H,2-3,6-7H2,1H3,(H,15,17). The van der Waals surface area contributed by atoms with Crippen molar-refractivity contribution in [3.05, 3.63) is 28.0 Å². The maximum atomic E-state index is 13.8. The van der Waals surface area contributed by atoms with Crippen molar-refractivity contribution in [3.63, 3.8) is 0 Å². The molecule has 0 bridgehead atoms. The summed E-state index contributed by atoms with van der Waals surface area (Å²) in [5, 5.41) is 2.61. The summed E-state index contributed by atoms with van der Waals surface area (Å²) in [6.07, 6.45) is 2.05. The molecule has 0 aromatic heterocycles. The number of hydrogen-bond acceptors (Lipinski definition) is 1. The van der Waals surface area contributed by atoms with Gasteiger partial charge in [-0.05, 0) is 31.9 Å². The Balaban J connectivity index is 2.13. The van der Waals surface area contributed by atoms with Crippen LogP contribution < -0.4 is 5.32 Å². The molecule has 92 valence electrons. The number of anilines is 1. The number of nitrogens with zero attached hydrogens (tertiary/aromatic N) is 1. The molecule has 1 heterocycles. The van der Waals surface area contributed by atoms with Crippen molar-refractivity contribution in [2.45, 2.75) is 19.8 Å². The van der Waals surface area contributed by atoms with E-state index in [0.29, 0.717) is 10.0 Å². The van der Waals surface area contributed by atoms with Crippen molar-refractivity contribution in [3.8, 4) is 0 Å². The van der Waals surface area contributed by atoms with E-state index in [1.807, 2.05) is 0 Å². The zero-order valence-electron chi connectivity index (χ0n) is 9.59. The molecule has 3 nitrogen and oxygen atoms in total. The fourth-order valence-corrected chi connectivity index (χ4v) is 2.18. The fourth-order valence-electron chi connectivity index (χ4n) is 1.87. The zero-order chi connectivity index (χ0) is 12.4. The van der Waals surface area contributed by atoms with Crippen LogP contribution in [0.3, 0.4) is 0 Å². The molecule has 1 fully saturated rings. The van der Waals surface area contributed by atoms with Gasteiger partial charge in [-0.2, -0.15) is 0 Å². The Morgan fingerprint density at radius 2 is 2.06 bits per heavy atom. The lowest BCUT2D eigenvalue weighted by Gasteiger charge is -2.17. The number of halogens is 2. The second-order valence-electron chi connectivity index (χ2n) is 4.16. The third kappa shape index (κ3) is 2.60. The normalized spacial score (nSPS) is 15.1. The molecule has 0 spiro atoms. The minimum Gasteiger partial charge on any atom is -0.325 e. The maximum absolute atomic E-state index is 13.8. The van der Waals surface area contributed by atoms with Gasteiger partial charge in [0.05, 0.1) is 5.69 Å². The van der Waals surface area contributed by atoms with Crippen LogP contribution in [0.25, 0.3) is 0 Å². The van der Waals surface area contributed by atoms with E-state index in [1.165, 1.54) is 0 Å². The Kier molecular flexibility index (Phi) is 3.66. The number of benzene rings is 1. The van der Waals surface area contributed by atoms with Gasteiger partial charge in [0.1, 0.15) is 0 Å². The second-order valence-corrected chi connectivity index (χ2v) is 5.01. The van der Waals surface area contributed by atoms with Gasteiger partial charge in [0, 0.05) is 23.1 Å². The SMILES string of the molecule is Cc1c(Br)ccc(NC(=O)N2CCCC2)c1F. The molecule has 1 aliphatic heterocycles. The number of nitrogens with one attached hydrogen (secondary N) is 1. The average molecular weight is 301 g/mol. The van der Waals surface area contributed by atoms with Gasteiger partial charge in [-0.15, -0.1) is 0 Å². The van der Waals surface area contributed by atoms with Crippen LogP contribution in [0.15, 0.2) is 16.6 Å². The molecule has 0 radical (unpaired) electrons.